The van der Waals surface area contributed by atoms with Crippen LogP contribution in [0.25, 0.3) is 10.9 Å². The number of benzene rings is 2. The molecule has 5 rings (SSSR count). The van der Waals surface area contributed by atoms with Gasteiger partial charge >= 0.3 is 0 Å². The molecule has 4 aromatic rings. The number of hydrogen-bond acceptors (Lipinski definition) is 4. The van der Waals surface area contributed by atoms with Crippen LogP contribution < -0.4 is 10.9 Å². The van der Waals surface area contributed by atoms with Crippen molar-refractivity contribution in [3.63, 3.8) is 0 Å². The van der Waals surface area contributed by atoms with Crippen LogP contribution in [-0.2, 0) is 6.42 Å². The van der Waals surface area contributed by atoms with Crippen LogP contribution in [0.1, 0.15) is 36.4 Å². The fraction of sp³-hybridized carbons (Fsp3) is 0.304. The third-order valence-corrected chi connectivity index (χ3v) is 6.80. The van der Waals surface area contributed by atoms with Crippen LogP contribution in [0.2, 0.25) is 0 Å². The van der Waals surface area contributed by atoms with Crippen LogP contribution in [0, 0.1) is 0 Å². The van der Waals surface area contributed by atoms with E-state index in [4.69, 9.17) is 0 Å². The van der Waals surface area contributed by atoms with Crippen molar-refractivity contribution >= 4 is 28.5 Å². The Labute approximate surface area is 178 Å². The Morgan fingerprint density at radius 3 is 2.80 bits per heavy atom. The van der Waals surface area contributed by atoms with Crippen LogP contribution in [0.5, 0.6) is 0 Å². The van der Waals surface area contributed by atoms with Crippen molar-refractivity contribution in [2.24, 2.45) is 0 Å². The molecule has 7 heteroatoms. The second-order valence-electron chi connectivity index (χ2n) is 7.91. The number of fused-ring (bicyclic) bond motifs is 1. The first-order valence-corrected chi connectivity index (χ1v) is 11.3. The molecule has 2 heterocycles. The van der Waals surface area contributed by atoms with Crippen LogP contribution in [0.3, 0.4) is 0 Å². The number of thioether (sulfide) groups is 1. The predicted molar refractivity (Wildman–Crippen MR) is 122 cm³/mol. The Bertz CT molecular complexity index is 1180. The molecular weight excluding hydrogens is 394 g/mol. The number of nitrogens with one attached hydrogen (secondary N) is 4. The second-order valence-corrected chi connectivity index (χ2v) is 9.29. The highest BCUT2D eigenvalue weighted by Gasteiger charge is 2.25. The molecule has 2 aromatic heterocycles. The van der Waals surface area contributed by atoms with E-state index >= 15 is 0 Å². The zero-order valence-corrected chi connectivity index (χ0v) is 17.5. The summed E-state index contributed by atoms with van der Waals surface area (Å²) >= 11 is 1.86. The minimum Gasteiger partial charge on any atom is -0.369 e. The van der Waals surface area contributed by atoms with E-state index in [1.54, 1.807) is 0 Å². The number of anilines is 1. The van der Waals surface area contributed by atoms with E-state index in [2.05, 4.69) is 68.2 Å². The highest BCUT2D eigenvalue weighted by atomic mass is 32.2. The molecular formula is C23H25N5OS. The third-order valence-electron chi connectivity index (χ3n) is 5.54. The van der Waals surface area contributed by atoms with Gasteiger partial charge in [-0.05, 0) is 49.4 Å². The molecule has 0 bridgehead atoms. The summed E-state index contributed by atoms with van der Waals surface area (Å²) in [5, 5.41) is 17.7. The SMILES string of the molecule is O=c1[nH][nH]c2cc(SC(CCNc3cc(C4CC4)[nH]n3)Cc3ccccc3)ccc12. The Balaban J connectivity index is 1.26. The topological polar surface area (TPSA) is 89.4 Å². The first-order chi connectivity index (χ1) is 14.7. The monoisotopic (exact) mass is 419 g/mol. The summed E-state index contributed by atoms with van der Waals surface area (Å²) in [6.07, 6.45) is 4.54. The smallest absolute Gasteiger partial charge is 0.271 e. The summed E-state index contributed by atoms with van der Waals surface area (Å²) in [7, 11) is 0. The Morgan fingerprint density at radius 1 is 1.10 bits per heavy atom. The number of rotatable bonds is 9. The lowest BCUT2D eigenvalue weighted by Gasteiger charge is -2.17. The van der Waals surface area contributed by atoms with Gasteiger partial charge < -0.3 is 5.32 Å². The molecule has 0 saturated heterocycles. The summed E-state index contributed by atoms with van der Waals surface area (Å²) in [4.78, 5) is 12.9. The first-order valence-electron chi connectivity index (χ1n) is 10.4. The van der Waals surface area contributed by atoms with E-state index in [1.807, 2.05) is 23.9 Å². The van der Waals surface area contributed by atoms with Gasteiger partial charge in [0.05, 0.1) is 10.9 Å². The maximum absolute atomic E-state index is 11.8. The molecule has 1 atom stereocenters. The molecule has 0 amide bonds. The maximum Gasteiger partial charge on any atom is 0.271 e. The van der Waals surface area contributed by atoms with Crippen LogP contribution >= 0.6 is 11.8 Å². The highest BCUT2D eigenvalue weighted by Crippen LogP contribution is 2.39. The van der Waals surface area contributed by atoms with Gasteiger partial charge in [0.15, 0.2) is 0 Å². The number of hydrogen-bond donors (Lipinski definition) is 4. The number of aromatic amines is 3. The average molecular weight is 420 g/mol. The van der Waals surface area contributed by atoms with Gasteiger partial charge in [0.2, 0.25) is 0 Å². The minimum atomic E-state index is -0.0730. The zero-order chi connectivity index (χ0) is 20.3. The summed E-state index contributed by atoms with van der Waals surface area (Å²) < 4.78 is 0. The van der Waals surface area contributed by atoms with Gasteiger partial charge in [0.25, 0.3) is 5.56 Å². The minimum absolute atomic E-state index is 0.0730. The normalized spacial score (nSPS) is 14.8. The van der Waals surface area contributed by atoms with Gasteiger partial charge in [0, 0.05) is 34.4 Å². The average Bonchev–Trinajstić information content (AvgIpc) is 3.40. The Morgan fingerprint density at radius 2 is 1.97 bits per heavy atom. The highest BCUT2D eigenvalue weighted by molar-refractivity contribution is 8.00. The van der Waals surface area contributed by atoms with E-state index in [-0.39, 0.29) is 5.56 Å². The molecule has 1 aliphatic carbocycles. The number of aromatic nitrogens is 4. The lowest BCUT2D eigenvalue weighted by Crippen LogP contribution is -2.14. The van der Waals surface area contributed by atoms with E-state index in [0.717, 1.165) is 35.6 Å². The summed E-state index contributed by atoms with van der Waals surface area (Å²) in [6, 6.07) is 18.7. The molecule has 4 N–H and O–H groups in total. The van der Waals surface area contributed by atoms with Crippen LogP contribution in [0.15, 0.2) is 64.3 Å². The third kappa shape index (κ3) is 4.46. The van der Waals surface area contributed by atoms with Crippen molar-refractivity contribution in [3.8, 4) is 0 Å². The van der Waals surface area contributed by atoms with Crippen molar-refractivity contribution < 1.29 is 0 Å². The number of H-pyrrole nitrogens is 3. The molecule has 1 fully saturated rings. The van der Waals surface area contributed by atoms with Crippen molar-refractivity contribution in [2.75, 3.05) is 11.9 Å². The van der Waals surface area contributed by atoms with E-state index in [1.165, 1.54) is 24.1 Å². The first kappa shape index (κ1) is 19.1. The van der Waals surface area contributed by atoms with Gasteiger partial charge in [-0.15, -0.1) is 11.8 Å². The van der Waals surface area contributed by atoms with Crippen molar-refractivity contribution in [1.82, 2.24) is 20.4 Å². The van der Waals surface area contributed by atoms with E-state index in [9.17, 15) is 4.79 Å². The molecule has 2 aromatic carbocycles. The van der Waals surface area contributed by atoms with Crippen molar-refractivity contribution in [3.05, 3.63) is 76.2 Å². The quantitative estimate of drug-likeness (QED) is 0.297. The molecule has 1 aliphatic rings. The standard InChI is InChI=1S/C23H25N5OS/c29-23-19-9-8-17(13-21(19)26-28-23)30-18(12-15-4-2-1-3-5-15)10-11-24-22-14-20(25-27-22)16-6-7-16/h1-5,8-9,13-14,16,18H,6-7,10-12H2,(H2,24,25,27)(H2,26,28,29). The van der Waals surface area contributed by atoms with Gasteiger partial charge in [-0.3, -0.25) is 20.1 Å². The largest absolute Gasteiger partial charge is 0.369 e. The lowest BCUT2D eigenvalue weighted by molar-refractivity contribution is 0.779. The van der Waals surface area contributed by atoms with Crippen LogP contribution in [-0.4, -0.2) is 32.2 Å². The lowest BCUT2D eigenvalue weighted by atomic mass is 10.1. The molecule has 1 unspecified atom stereocenters. The fourth-order valence-corrected chi connectivity index (χ4v) is 4.98. The van der Waals surface area contributed by atoms with Crippen molar-refractivity contribution in [2.45, 2.75) is 41.7 Å². The molecule has 6 nitrogen and oxygen atoms in total. The summed E-state index contributed by atoms with van der Waals surface area (Å²) in [5.74, 6) is 1.62. The van der Waals surface area contributed by atoms with Gasteiger partial charge in [-0.25, -0.2) is 0 Å². The Kier molecular flexibility index (Phi) is 5.36. The van der Waals surface area contributed by atoms with Gasteiger partial charge in [-0.2, -0.15) is 5.10 Å². The molecule has 30 heavy (non-hydrogen) atoms. The fourth-order valence-electron chi connectivity index (χ4n) is 3.75. The molecule has 0 aliphatic heterocycles. The summed E-state index contributed by atoms with van der Waals surface area (Å²) in [6.45, 7) is 0.864. The molecule has 154 valence electrons. The number of nitrogens with zero attached hydrogens (tertiary/aromatic N) is 1. The molecule has 0 spiro atoms. The Hall–Kier alpha value is -2.93. The van der Waals surface area contributed by atoms with Gasteiger partial charge in [-0.1, -0.05) is 30.3 Å². The maximum atomic E-state index is 11.8. The van der Waals surface area contributed by atoms with Crippen molar-refractivity contribution in [1.29, 1.82) is 0 Å². The molecule has 1 saturated carbocycles. The van der Waals surface area contributed by atoms with E-state index < -0.39 is 0 Å². The van der Waals surface area contributed by atoms with E-state index in [0.29, 0.717) is 16.6 Å². The summed E-state index contributed by atoms with van der Waals surface area (Å²) in [5.41, 5.74) is 3.37. The van der Waals surface area contributed by atoms with Gasteiger partial charge in [0.1, 0.15) is 5.82 Å². The molecule has 0 radical (unpaired) electrons. The van der Waals surface area contributed by atoms with Crippen LogP contribution in [0.4, 0.5) is 5.82 Å². The second kappa shape index (κ2) is 8.44. The zero-order valence-electron chi connectivity index (χ0n) is 16.7. The predicted octanol–water partition coefficient (Wildman–Crippen LogP) is 4.66.